The zero-order valence-corrected chi connectivity index (χ0v) is 15.4. The van der Waals surface area contributed by atoms with Crippen molar-refractivity contribution in [3.8, 4) is 11.8 Å². The van der Waals surface area contributed by atoms with Crippen LogP contribution in [-0.2, 0) is 9.53 Å². The minimum atomic E-state index is -0.520. The van der Waals surface area contributed by atoms with Gasteiger partial charge >= 0.3 is 6.09 Å². The normalized spacial score (nSPS) is 19.5. The number of benzene rings is 1. The first kappa shape index (κ1) is 19.1. The van der Waals surface area contributed by atoms with Crippen molar-refractivity contribution >= 4 is 23.6 Å². The zero-order chi connectivity index (χ0) is 18.4. The van der Waals surface area contributed by atoms with Gasteiger partial charge in [0.25, 0.3) is 5.91 Å². The largest absolute Gasteiger partial charge is 0.444 e. The number of nitrogens with one attached hydrogen (secondary N) is 2. The number of carbonyl (C=O) groups is 2. The standard InChI is InChI=1S/C19H23ClN2O3/c1-19(2,3)25-18(24)22-16-10-9-15(12-16)21-17(23)11-6-13-4-7-14(20)8-5-13/h4-5,7-8,15-16H,9-10,12H2,1-3H3,(H,21,23)(H,22,24). The highest BCUT2D eigenvalue weighted by Gasteiger charge is 2.28. The quantitative estimate of drug-likeness (QED) is 0.793. The Morgan fingerprint density at radius 1 is 1.12 bits per heavy atom. The predicted molar refractivity (Wildman–Crippen MR) is 97.3 cm³/mol. The van der Waals surface area contributed by atoms with Gasteiger partial charge in [-0.1, -0.05) is 17.5 Å². The molecule has 1 fully saturated rings. The van der Waals surface area contributed by atoms with Crippen molar-refractivity contribution in [2.24, 2.45) is 0 Å². The van der Waals surface area contributed by atoms with E-state index in [4.69, 9.17) is 16.3 Å². The monoisotopic (exact) mass is 362 g/mol. The van der Waals surface area contributed by atoms with Gasteiger partial charge in [-0.3, -0.25) is 4.79 Å². The van der Waals surface area contributed by atoms with Gasteiger partial charge in [-0.05, 0) is 64.3 Å². The summed E-state index contributed by atoms with van der Waals surface area (Å²) in [7, 11) is 0. The van der Waals surface area contributed by atoms with E-state index in [1.165, 1.54) is 0 Å². The van der Waals surface area contributed by atoms with Gasteiger partial charge in [0.15, 0.2) is 0 Å². The van der Waals surface area contributed by atoms with Crippen molar-refractivity contribution in [1.29, 1.82) is 0 Å². The SMILES string of the molecule is CC(C)(C)OC(=O)NC1CCC(NC(=O)C#Cc2ccc(Cl)cc2)C1. The maximum Gasteiger partial charge on any atom is 0.407 e. The first-order valence-electron chi connectivity index (χ1n) is 8.29. The highest BCUT2D eigenvalue weighted by atomic mass is 35.5. The summed E-state index contributed by atoms with van der Waals surface area (Å²) >= 11 is 5.81. The Morgan fingerprint density at radius 2 is 1.72 bits per heavy atom. The van der Waals surface area contributed by atoms with Crippen molar-refractivity contribution in [2.75, 3.05) is 0 Å². The Kier molecular flexibility index (Phi) is 6.33. The van der Waals surface area contributed by atoms with Gasteiger partial charge in [0.05, 0.1) is 0 Å². The fourth-order valence-corrected chi connectivity index (χ4v) is 2.73. The molecule has 0 bridgehead atoms. The van der Waals surface area contributed by atoms with E-state index >= 15 is 0 Å². The maximum atomic E-state index is 11.9. The minimum absolute atomic E-state index is 0.00405. The summed E-state index contributed by atoms with van der Waals surface area (Å²) in [6.45, 7) is 5.47. The Labute approximate surface area is 153 Å². The van der Waals surface area contributed by atoms with Crippen LogP contribution in [-0.4, -0.2) is 29.7 Å². The van der Waals surface area contributed by atoms with Gasteiger partial charge in [-0.2, -0.15) is 0 Å². The third-order valence-electron chi connectivity index (χ3n) is 3.65. The molecule has 1 saturated carbocycles. The lowest BCUT2D eigenvalue weighted by Gasteiger charge is -2.21. The third-order valence-corrected chi connectivity index (χ3v) is 3.91. The molecule has 5 nitrogen and oxygen atoms in total. The van der Waals surface area contributed by atoms with Crippen LogP contribution < -0.4 is 10.6 Å². The highest BCUT2D eigenvalue weighted by Crippen LogP contribution is 2.19. The lowest BCUT2D eigenvalue weighted by Crippen LogP contribution is -2.39. The van der Waals surface area contributed by atoms with Crippen LogP contribution in [0.4, 0.5) is 4.79 Å². The first-order chi connectivity index (χ1) is 11.7. The number of amides is 2. The lowest BCUT2D eigenvalue weighted by atomic mass is 10.2. The van der Waals surface area contributed by atoms with Gasteiger partial charge in [-0.15, -0.1) is 0 Å². The van der Waals surface area contributed by atoms with Crippen molar-refractivity contribution in [2.45, 2.75) is 57.7 Å². The van der Waals surface area contributed by atoms with Gasteiger partial charge in [-0.25, -0.2) is 4.79 Å². The molecule has 1 aliphatic rings. The van der Waals surface area contributed by atoms with Gasteiger partial charge < -0.3 is 15.4 Å². The lowest BCUT2D eigenvalue weighted by molar-refractivity contribution is -0.116. The zero-order valence-electron chi connectivity index (χ0n) is 14.7. The van der Waals surface area contributed by atoms with Crippen LogP contribution >= 0.6 is 11.6 Å². The number of carbonyl (C=O) groups excluding carboxylic acids is 2. The molecule has 2 unspecified atom stereocenters. The number of rotatable bonds is 2. The highest BCUT2D eigenvalue weighted by molar-refractivity contribution is 6.30. The van der Waals surface area contributed by atoms with Crippen LogP contribution in [0.1, 0.15) is 45.6 Å². The van der Waals surface area contributed by atoms with Crippen molar-refractivity contribution in [3.63, 3.8) is 0 Å². The Hall–Kier alpha value is -2.19. The molecule has 6 heteroatoms. The molecule has 0 saturated heterocycles. The van der Waals surface area contributed by atoms with E-state index < -0.39 is 11.7 Å². The number of alkyl carbamates (subject to hydrolysis) is 1. The van der Waals surface area contributed by atoms with E-state index in [0.717, 1.165) is 18.4 Å². The molecule has 0 spiro atoms. The Bertz CT molecular complexity index is 683. The molecule has 2 amide bonds. The molecular formula is C19H23ClN2O3. The number of hydrogen-bond donors (Lipinski definition) is 2. The van der Waals surface area contributed by atoms with E-state index in [-0.39, 0.29) is 18.0 Å². The molecule has 25 heavy (non-hydrogen) atoms. The van der Waals surface area contributed by atoms with Gasteiger partial charge in [0.1, 0.15) is 5.60 Å². The Balaban J connectivity index is 1.78. The fraction of sp³-hybridized carbons (Fsp3) is 0.474. The summed E-state index contributed by atoms with van der Waals surface area (Å²) in [6, 6.07) is 7.00. The van der Waals surface area contributed by atoms with Crippen LogP contribution in [0.2, 0.25) is 5.02 Å². The number of halogens is 1. The summed E-state index contributed by atoms with van der Waals surface area (Å²) in [5.41, 5.74) is 0.212. The van der Waals surface area contributed by atoms with Gasteiger partial charge in [0, 0.05) is 28.6 Å². The summed E-state index contributed by atoms with van der Waals surface area (Å²) in [5, 5.41) is 6.35. The van der Waals surface area contributed by atoms with Crippen LogP contribution in [0.15, 0.2) is 24.3 Å². The average Bonchev–Trinajstić information content (AvgIpc) is 2.91. The fourth-order valence-electron chi connectivity index (χ4n) is 2.60. The molecule has 0 aliphatic heterocycles. The second-order valence-electron chi connectivity index (χ2n) is 7.08. The number of hydrogen-bond acceptors (Lipinski definition) is 3. The predicted octanol–water partition coefficient (Wildman–Crippen LogP) is 3.25. The maximum absolute atomic E-state index is 11.9. The van der Waals surface area contributed by atoms with E-state index in [0.29, 0.717) is 11.4 Å². The molecule has 0 radical (unpaired) electrons. The van der Waals surface area contributed by atoms with Gasteiger partial charge in [0.2, 0.25) is 0 Å². The van der Waals surface area contributed by atoms with E-state index in [1.807, 2.05) is 20.8 Å². The molecule has 1 aromatic rings. The molecule has 1 aliphatic carbocycles. The van der Waals surface area contributed by atoms with Crippen LogP contribution in [0.25, 0.3) is 0 Å². The van der Waals surface area contributed by atoms with Crippen molar-refractivity contribution in [3.05, 3.63) is 34.9 Å². The van der Waals surface area contributed by atoms with Crippen LogP contribution in [0, 0.1) is 11.8 Å². The molecule has 134 valence electrons. The Morgan fingerprint density at radius 3 is 2.32 bits per heavy atom. The molecule has 2 N–H and O–H groups in total. The molecule has 1 aromatic carbocycles. The van der Waals surface area contributed by atoms with Crippen LogP contribution in [0.3, 0.4) is 0 Å². The van der Waals surface area contributed by atoms with Crippen molar-refractivity contribution < 1.29 is 14.3 Å². The second kappa shape index (κ2) is 8.26. The smallest absolute Gasteiger partial charge is 0.407 e. The average molecular weight is 363 g/mol. The van der Waals surface area contributed by atoms with Crippen molar-refractivity contribution in [1.82, 2.24) is 10.6 Å². The minimum Gasteiger partial charge on any atom is -0.444 e. The van der Waals surface area contributed by atoms with E-state index in [1.54, 1.807) is 24.3 Å². The number of ether oxygens (including phenoxy) is 1. The molecule has 2 rings (SSSR count). The third kappa shape index (κ3) is 7.06. The molecule has 0 heterocycles. The van der Waals surface area contributed by atoms with E-state index in [9.17, 15) is 9.59 Å². The molecule has 0 aromatic heterocycles. The van der Waals surface area contributed by atoms with Crippen LogP contribution in [0.5, 0.6) is 0 Å². The summed E-state index contributed by atoms with van der Waals surface area (Å²) in [6.07, 6.45) is 1.85. The molecular weight excluding hydrogens is 340 g/mol. The first-order valence-corrected chi connectivity index (χ1v) is 8.67. The summed E-state index contributed by atoms with van der Waals surface area (Å²) in [4.78, 5) is 23.7. The molecule has 2 atom stereocenters. The summed E-state index contributed by atoms with van der Waals surface area (Å²) < 4.78 is 5.24. The van der Waals surface area contributed by atoms with E-state index in [2.05, 4.69) is 22.5 Å². The summed E-state index contributed by atoms with van der Waals surface area (Å²) in [5.74, 6) is 5.06. The second-order valence-corrected chi connectivity index (χ2v) is 7.52. The topological polar surface area (TPSA) is 67.4 Å².